The Bertz CT molecular complexity index is 787. The first-order chi connectivity index (χ1) is 13.6. The van der Waals surface area contributed by atoms with Gasteiger partial charge in [0.1, 0.15) is 5.75 Å². The Balaban J connectivity index is 2.08. The van der Waals surface area contributed by atoms with E-state index in [0.29, 0.717) is 18.7 Å². The molecular formula is C22H30N4O2. The van der Waals surface area contributed by atoms with Gasteiger partial charge in [-0.25, -0.2) is 4.99 Å². The Labute approximate surface area is 167 Å². The van der Waals surface area contributed by atoms with Crippen LogP contribution >= 0.6 is 0 Å². The van der Waals surface area contributed by atoms with Gasteiger partial charge in [0.25, 0.3) is 5.91 Å². The van der Waals surface area contributed by atoms with Crippen LogP contribution in [0.3, 0.4) is 0 Å². The molecule has 0 radical (unpaired) electrons. The van der Waals surface area contributed by atoms with E-state index >= 15 is 0 Å². The molecule has 2 aromatic rings. The van der Waals surface area contributed by atoms with Gasteiger partial charge in [0, 0.05) is 32.2 Å². The molecule has 1 amide bonds. The van der Waals surface area contributed by atoms with Crippen molar-refractivity contribution in [2.75, 3.05) is 27.2 Å². The maximum absolute atomic E-state index is 12.0. The predicted octanol–water partition coefficient (Wildman–Crippen LogP) is 3.04. The summed E-state index contributed by atoms with van der Waals surface area (Å²) in [5.41, 5.74) is 2.83. The molecule has 0 saturated heterocycles. The Hall–Kier alpha value is -3.02. The molecule has 6 heteroatoms. The second-order valence-corrected chi connectivity index (χ2v) is 6.43. The molecule has 0 aromatic heterocycles. The summed E-state index contributed by atoms with van der Waals surface area (Å²) >= 11 is 0. The van der Waals surface area contributed by atoms with Crippen molar-refractivity contribution >= 4 is 11.9 Å². The summed E-state index contributed by atoms with van der Waals surface area (Å²) in [6, 6.07) is 15.6. The van der Waals surface area contributed by atoms with Gasteiger partial charge in [-0.05, 0) is 49.2 Å². The number of hydrogen-bond acceptors (Lipinski definition) is 3. The molecule has 0 aliphatic heterocycles. The standard InChI is InChI=1S/C22H30N4O2/c1-5-23-21(27)19-9-7-8-18(14-19)15-25-22(24-6-2)26(3)16-17-10-12-20(28-4)13-11-17/h7-14H,5-6,15-16H2,1-4H3,(H,23,27)(H,24,25). The highest BCUT2D eigenvalue weighted by molar-refractivity contribution is 5.94. The van der Waals surface area contributed by atoms with Gasteiger partial charge >= 0.3 is 0 Å². The van der Waals surface area contributed by atoms with Crippen molar-refractivity contribution in [3.8, 4) is 5.75 Å². The number of nitrogens with zero attached hydrogens (tertiary/aromatic N) is 2. The SMILES string of the molecule is CCNC(=O)c1cccc(CN=C(NCC)N(C)Cc2ccc(OC)cc2)c1. The van der Waals surface area contributed by atoms with Gasteiger partial charge in [-0.1, -0.05) is 24.3 Å². The third-order valence-electron chi connectivity index (χ3n) is 4.21. The zero-order chi connectivity index (χ0) is 20.4. The lowest BCUT2D eigenvalue weighted by Gasteiger charge is -2.22. The maximum Gasteiger partial charge on any atom is 0.251 e. The fourth-order valence-electron chi connectivity index (χ4n) is 2.79. The monoisotopic (exact) mass is 382 g/mol. The van der Waals surface area contributed by atoms with E-state index in [1.807, 2.05) is 57.3 Å². The molecule has 2 rings (SSSR count). The van der Waals surface area contributed by atoms with E-state index in [4.69, 9.17) is 9.73 Å². The summed E-state index contributed by atoms with van der Waals surface area (Å²) in [6.07, 6.45) is 0. The van der Waals surface area contributed by atoms with Crippen molar-refractivity contribution in [3.05, 3.63) is 65.2 Å². The minimum atomic E-state index is -0.0585. The average Bonchev–Trinajstić information content (AvgIpc) is 2.72. The topological polar surface area (TPSA) is 66.0 Å². The van der Waals surface area contributed by atoms with E-state index in [9.17, 15) is 4.79 Å². The van der Waals surface area contributed by atoms with Crippen molar-refractivity contribution in [1.29, 1.82) is 0 Å². The smallest absolute Gasteiger partial charge is 0.251 e. The minimum absolute atomic E-state index is 0.0585. The maximum atomic E-state index is 12.0. The zero-order valence-electron chi connectivity index (χ0n) is 17.2. The van der Waals surface area contributed by atoms with Gasteiger partial charge in [0.05, 0.1) is 13.7 Å². The van der Waals surface area contributed by atoms with Crippen LogP contribution in [0.4, 0.5) is 0 Å². The lowest BCUT2D eigenvalue weighted by molar-refractivity contribution is 0.0955. The highest BCUT2D eigenvalue weighted by Gasteiger charge is 2.08. The van der Waals surface area contributed by atoms with Crippen LogP contribution in [-0.2, 0) is 13.1 Å². The number of carbonyl (C=O) groups is 1. The molecule has 0 heterocycles. The first-order valence-electron chi connectivity index (χ1n) is 9.56. The molecule has 2 N–H and O–H groups in total. The second-order valence-electron chi connectivity index (χ2n) is 6.43. The number of carbonyl (C=O) groups excluding carboxylic acids is 1. The summed E-state index contributed by atoms with van der Waals surface area (Å²) < 4.78 is 5.21. The third-order valence-corrected chi connectivity index (χ3v) is 4.21. The second kappa shape index (κ2) is 11.0. The number of benzene rings is 2. The van der Waals surface area contributed by atoms with Crippen molar-refractivity contribution in [2.24, 2.45) is 4.99 Å². The Morgan fingerprint density at radius 1 is 1.04 bits per heavy atom. The summed E-state index contributed by atoms with van der Waals surface area (Å²) in [5.74, 6) is 1.61. The minimum Gasteiger partial charge on any atom is -0.497 e. The van der Waals surface area contributed by atoms with Crippen LogP contribution in [0.25, 0.3) is 0 Å². The van der Waals surface area contributed by atoms with Gasteiger partial charge in [0.15, 0.2) is 5.96 Å². The number of guanidine groups is 1. The summed E-state index contributed by atoms with van der Waals surface area (Å²) in [5, 5.41) is 6.15. The number of ether oxygens (including phenoxy) is 1. The molecule has 6 nitrogen and oxygen atoms in total. The van der Waals surface area contributed by atoms with Gasteiger partial charge < -0.3 is 20.3 Å². The lowest BCUT2D eigenvalue weighted by Crippen LogP contribution is -2.38. The Morgan fingerprint density at radius 3 is 2.39 bits per heavy atom. The number of nitrogens with one attached hydrogen (secondary N) is 2. The lowest BCUT2D eigenvalue weighted by atomic mass is 10.1. The van der Waals surface area contributed by atoms with Crippen LogP contribution in [-0.4, -0.2) is 44.0 Å². The van der Waals surface area contributed by atoms with Crippen molar-refractivity contribution in [3.63, 3.8) is 0 Å². The fraction of sp³-hybridized carbons (Fsp3) is 0.364. The van der Waals surface area contributed by atoms with Gasteiger partial charge in [0.2, 0.25) is 0 Å². The largest absolute Gasteiger partial charge is 0.497 e. The van der Waals surface area contributed by atoms with Crippen molar-refractivity contribution < 1.29 is 9.53 Å². The van der Waals surface area contributed by atoms with Crippen LogP contribution in [0.5, 0.6) is 5.75 Å². The quantitative estimate of drug-likeness (QED) is 0.544. The van der Waals surface area contributed by atoms with E-state index in [1.54, 1.807) is 7.11 Å². The van der Waals surface area contributed by atoms with E-state index < -0.39 is 0 Å². The first-order valence-corrected chi connectivity index (χ1v) is 9.56. The van der Waals surface area contributed by atoms with Gasteiger partial charge in [-0.3, -0.25) is 4.79 Å². The molecule has 150 valence electrons. The summed E-state index contributed by atoms with van der Waals surface area (Å²) in [7, 11) is 3.68. The molecule has 0 bridgehead atoms. The molecule has 0 saturated carbocycles. The van der Waals surface area contributed by atoms with Crippen molar-refractivity contribution in [1.82, 2.24) is 15.5 Å². The number of rotatable bonds is 8. The highest BCUT2D eigenvalue weighted by Crippen LogP contribution is 2.13. The van der Waals surface area contributed by atoms with Crippen LogP contribution < -0.4 is 15.4 Å². The molecule has 2 aromatic carbocycles. The molecule has 0 aliphatic rings. The van der Waals surface area contributed by atoms with Crippen LogP contribution in [0.1, 0.15) is 35.3 Å². The van der Waals surface area contributed by atoms with Gasteiger partial charge in [-0.2, -0.15) is 0 Å². The van der Waals surface area contributed by atoms with E-state index in [-0.39, 0.29) is 5.91 Å². The number of aliphatic imine (C=N–C) groups is 1. The summed E-state index contributed by atoms with van der Waals surface area (Å²) in [4.78, 5) is 18.8. The predicted molar refractivity (Wildman–Crippen MR) is 114 cm³/mol. The first kappa shape index (κ1) is 21.3. The van der Waals surface area contributed by atoms with Crippen molar-refractivity contribution in [2.45, 2.75) is 26.9 Å². The highest BCUT2D eigenvalue weighted by atomic mass is 16.5. The zero-order valence-corrected chi connectivity index (χ0v) is 17.2. The van der Waals surface area contributed by atoms with Crippen LogP contribution in [0.2, 0.25) is 0 Å². The number of hydrogen-bond donors (Lipinski definition) is 2. The van der Waals surface area contributed by atoms with E-state index in [2.05, 4.69) is 27.7 Å². The molecule has 0 fully saturated rings. The van der Waals surface area contributed by atoms with Gasteiger partial charge in [-0.15, -0.1) is 0 Å². The molecule has 0 aliphatic carbocycles. The van der Waals surface area contributed by atoms with Crippen LogP contribution in [0.15, 0.2) is 53.5 Å². The molecule has 0 unspecified atom stereocenters. The number of amides is 1. The third kappa shape index (κ3) is 6.30. The average molecular weight is 383 g/mol. The fourth-order valence-corrected chi connectivity index (χ4v) is 2.79. The molecule has 28 heavy (non-hydrogen) atoms. The summed E-state index contributed by atoms with van der Waals surface area (Å²) in [6.45, 7) is 6.59. The molecule has 0 atom stereocenters. The molecular weight excluding hydrogens is 352 g/mol. The Kier molecular flexibility index (Phi) is 8.34. The number of methoxy groups -OCH3 is 1. The van der Waals surface area contributed by atoms with Crippen LogP contribution in [0, 0.1) is 0 Å². The van der Waals surface area contributed by atoms with E-state index in [1.165, 1.54) is 5.56 Å². The normalized spacial score (nSPS) is 11.1. The van der Waals surface area contributed by atoms with E-state index in [0.717, 1.165) is 30.4 Å². The molecule has 0 spiro atoms. The Morgan fingerprint density at radius 2 is 1.75 bits per heavy atom.